The molecule has 0 radical (unpaired) electrons. The molecule has 25 heavy (non-hydrogen) atoms. The van der Waals surface area contributed by atoms with Gasteiger partial charge in [0.1, 0.15) is 11.7 Å². The molecule has 1 aromatic carbocycles. The van der Waals surface area contributed by atoms with E-state index in [-0.39, 0.29) is 0 Å². The van der Waals surface area contributed by atoms with Gasteiger partial charge >= 0.3 is 0 Å². The van der Waals surface area contributed by atoms with Crippen LogP contribution in [0.5, 0.6) is 0 Å². The van der Waals surface area contributed by atoms with E-state index >= 15 is 0 Å². The Labute approximate surface area is 150 Å². The van der Waals surface area contributed by atoms with Gasteiger partial charge in [0, 0.05) is 44.3 Å². The lowest BCUT2D eigenvalue weighted by atomic mass is 10.1. The van der Waals surface area contributed by atoms with Crippen molar-refractivity contribution in [3.05, 3.63) is 59.4 Å². The zero-order valence-electron chi connectivity index (χ0n) is 15.1. The van der Waals surface area contributed by atoms with Crippen LogP contribution in [0.15, 0.2) is 48.3 Å². The number of hydrogen-bond acceptors (Lipinski definition) is 3. The molecule has 3 aliphatic rings. The van der Waals surface area contributed by atoms with Crippen molar-refractivity contribution in [1.82, 2.24) is 14.7 Å². The van der Waals surface area contributed by atoms with Gasteiger partial charge in [-0.1, -0.05) is 43.3 Å². The summed E-state index contributed by atoms with van der Waals surface area (Å²) in [6.45, 7) is 7.48. The smallest absolute Gasteiger partial charge is 0.128 e. The normalized spacial score (nSPS) is 22.4. The van der Waals surface area contributed by atoms with Crippen LogP contribution in [-0.4, -0.2) is 52.8 Å². The molecule has 0 bridgehead atoms. The van der Waals surface area contributed by atoms with Crippen molar-refractivity contribution in [2.45, 2.75) is 38.8 Å². The van der Waals surface area contributed by atoms with Crippen LogP contribution in [0, 0.1) is 5.41 Å². The van der Waals surface area contributed by atoms with Gasteiger partial charge < -0.3 is 14.7 Å². The first-order valence-electron chi connectivity index (χ1n) is 9.59. The SMILES string of the molecule is CCC1C=CC=C2N(Cc3ccc(C(=N)N4CCCC4)cc3)CCN21. The maximum Gasteiger partial charge on any atom is 0.128 e. The fourth-order valence-electron chi connectivity index (χ4n) is 4.18. The summed E-state index contributed by atoms with van der Waals surface area (Å²) in [6.07, 6.45) is 10.4. The van der Waals surface area contributed by atoms with Gasteiger partial charge in [0.15, 0.2) is 0 Å². The molecule has 4 rings (SSSR count). The quantitative estimate of drug-likeness (QED) is 0.676. The summed E-state index contributed by atoms with van der Waals surface area (Å²) in [5.41, 5.74) is 2.36. The second-order valence-corrected chi connectivity index (χ2v) is 7.24. The Hall–Kier alpha value is -2.23. The number of benzene rings is 1. The van der Waals surface area contributed by atoms with E-state index in [1.165, 1.54) is 24.2 Å². The minimum atomic E-state index is 0.549. The number of nitrogens with one attached hydrogen (secondary N) is 1. The van der Waals surface area contributed by atoms with E-state index in [0.717, 1.165) is 44.7 Å². The van der Waals surface area contributed by atoms with E-state index in [1.807, 2.05) is 0 Å². The van der Waals surface area contributed by atoms with Crippen molar-refractivity contribution in [3.63, 3.8) is 0 Å². The summed E-state index contributed by atoms with van der Waals surface area (Å²) in [7, 11) is 0. The van der Waals surface area contributed by atoms with Gasteiger partial charge in [0.25, 0.3) is 0 Å². The van der Waals surface area contributed by atoms with E-state index < -0.39 is 0 Å². The van der Waals surface area contributed by atoms with Crippen molar-refractivity contribution in [3.8, 4) is 0 Å². The highest BCUT2D eigenvalue weighted by molar-refractivity contribution is 5.96. The molecule has 1 unspecified atom stereocenters. The molecule has 4 nitrogen and oxygen atoms in total. The van der Waals surface area contributed by atoms with Crippen LogP contribution in [0.2, 0.25) is 0 Å². The molecule has 0 aliphatic carbocycles. The van der Waals surface area contributed by atoms with Crippen LogP contribution >= 0.6 is 0 Å². The maximum absolute atomic E-state index is 8.38. The van der Waals surface area contributed by atoms with Crippen molar-refractivity contribution in [2.75, 3.05) is 26.2 Å². The fourth-order valence-corrected chi connectivity index (χ4v) is 4.18. The molecule has 132 valence electrons. The lowest BCUT2D eigenvalue weighted by molar-refractivity contribution is 0.286. The first-order valence-corrected chi connectivity index (χ1v) is 9.59. The summed E-state index contributed by atoms with van der Waals surface area (Å²) in [5.74, 6) is 2.05. The number of hydrogen-bond donors (Lipinski definition) is 1. The van der Waals surface area contributed by atoms with Crippen LogP contribution in [0.4, 0.5) is 0 Å². The highest BCUT2D eigenvalue weighted by Gasteiger charge is 2.29. The Morgan fingerprint density at radius 2 is 1.84 bits per heavy atom. The van der Waals surface area contributed by atoms with Crippen LogP contribution in [-0.2, 0) is 6.54 Å². The van der Waals surface area contributed by atoms with E-state index in [1.54, 1.807) is 0 Å². The molecule has 3 heterocycles. The Morgan fingerprint density at radius 3 is 2.56 bits per heavy atom. The Kier molecular flexibility index (Phi) is 4.51. The number of amidine groups is 1. The molecule has 0 spiro atoms. The van der Waals surface area contributed by atoms with Crippen LogP contribution < -0.4 is 0 Å². The summed E-state index contributed by atoms with van der Waals surface area (Å²) >= 11 is 0. The van der Waals surface area contributed by atoms with Crippen molar-refractivity contribution >= 4 is 5.84 Å². The predicted octanol–water partition coefficient (Wildman–Crippen LogP) is 3.42. The van der Waals surface area contributed by atoms with Crippen molar-refractivity contribution in [2.24, 2.45) is 0 Å². The topological polar surface area (TPSA) is 33.6 Å². The third-order valence-corrected chi connectivity index (χ3v) is 5.65. The van der Waals surface area contributed by atoms with E-state index in [0.29, 0.717) is 11.9 Å². The van der Waals surface area contributed by atoms with Gasteiger partial charge in [-0.05, 0) is 30.9 Å². The third-order valence-electron chi connectivity index (χ3n) is 5.65. The van der Waals surface area contributed by atoms with Gasteiger partial charge in [0.05, 0.1) is 0 Å². The van der Waals surface area contributed by atoms with Gasteiger partial charge in [-0.25, -0.2) is 0 Å². The van der Waals surface area contributed by atoms with Crippen LogP contribution in [0.1, 0.15) is 37.3 Å². The van der Waals surface area contributed by atoms with Gasteiger partial charge in [0.2, 0.25) is 0 Å². The molecule has 3 aliphatic heterocycles. The van der Waals surface area contributed by atoms with E-state index in [9.17, 15) is 0 Å². The highest BCUT2D eigenvalue weighted by atomic mass is 15.4. The number of allylic oxidation sites excluding steroid dienone is 2. The number of fused-ring (bicyclic) bond motifs is 1. The first-order chi connectivity index (χ1) is 12.3. The Morgan fingerprint density at radius 1 is 1.08 bits per heavy atom. The fraction of sp³-hybridized carbons (Fsp3) is 0.476. The molecule has 1 aromatic rings. The largest absolute Gasteiger partial charge is 0.357 e. The zero-order valence-corrected chi connectivity index (χ0v) is 15.1. The second kappa shape index (κ2) is 6.95. The highest BCUT2D eigenvalue weighted by Crippen LogP contribution is 2.28. The van der Waals surface area contributed by atoms with E-state index in [4.69, 9.17) is 5.41 Å². The van der Waals surface area contributed by atoms with Gasteiger partial charge in [-0.15, -0.1) is 0 Å². The number of nitrogens with zero attached hydrogens (tertiary/aromatic N) is 3. The second-order valence-electron chi connectivity index (χ2n) is 7.24. The zero-order chi connectivity index (χ0) is 17.2. The standard InChI is InChI=1S/C21H28N4/c1-2-19-6-5-7-20-24(14-15-25(19)20)16-17-8-10-18(11-9-17)21(22)23-12-3-4-13-23/h5-11,19,22H,2-4,12-16H2,1H3. The summed E-state index contributed by atoms with van der Waals surface area (Å²) in [4.78, 5) is 7.20. The number of rotatable bonds is 4. The van der Waals surface area contributed by atoms with Crippen LogP contribution in [0.25, 0.3) is 0 Å². The Balaban J connectivity index is 1.42. The van der Waals surface area contributed by atoms with Crippen LogP contribution in [0.3, 0.4) is 0 Å². The van der Waals surface area contributed by atoms with Gasteiger partial charge in [-0.3, -0.25) is 5.41 Å². The van der Waals surface area contributed by atoms with Crippen molar-refractivity contribution in [1.29, 1.82) is 5.41 Å². The minimum Gasteiger partial charge on any atom is -0.357 e. The molecule has 0 amide bonds. The molecule has 4 heteroatoms. The average Bonchev–Trinajstić information content (AvgIpc) is 3.32. The lowest BCUT2D eigenvalue weighted by Crippen LogP contribution is -2.33. The monoisotopic (exact) mass is 336 g/mol. The summed E-state index contributed by atoms with van der Waals surface area (Å²) < 4.78 is 0. The molecule has 1 N–H and O–H groups in total. The predicted molar refractivity (Wildman–Crippen MR) is 102 cm³/mol. The molecule has 2 fully saturated rings. The number of likely N-dealkylation sites (tertiary alicyclic amines) is 1. The molecule has 0 aromatic heterocycles. The first kappa shape index (κ1) is 16.2. The third kappa shape index (κ3) is 3.17. The van der Waals surface area contributed by atoms with Crippen molar-refractivity contribution < 1.29 is 0 Å². The maximum atomic E-state index is 8.38. The minimum absolute atomic E-state index is 0.549. The molecular weight excluding hydrogens is 308 g/mol. The molecular formula is C21H28N4. The summed E-state index contributed by atoms with van der Waals surface area (Å²) in [5, 5.41) is 8.38. The van der Waals surface area contributed by atoms with Gasteiger partial charge in [-0.2, -0.15) is 0 Å². The van der Waals surface area contributed by atoms with E-state index in [2.05, 4.69) is 64.1 Å². The molecule has 2 saturated heterocycles. The molecule has 1 atom stereocenters. The summed E-state index contributed by atoms with van der Waals surface area (Å²) in [6, 6.07) is 9.17. The average molecular weight is 336 g/mol. The lowest BCUT2D eigenvalue weighted by Gasteiger charge is -2.32. The molecule has 0 saturated carbocycles. The Bertz CT molecular complexity index is 682.